The van der Waals surface area contributed by atoms with Crippen molar-refractivity contribution in [1.29, 1.82) is 5.26 Å². The van der Waals surface area contributed by atoms with Gasteiger partial charge in [0.25, 0.3) is 0 Å². The van der Waals surface area contributed by atoms with Crippen LogP contribution in [-0.4, -0.2) is 17.5 Å². The van der Waals surface area contributed by atoms with Gasteiger partial charge in [0.1, 0.15) is 5.82 Å². The number of rotatable bonds is 6. The van der Waals surface area contributed by atoms with E-state index >= 15 is 0 Å². The second kappa shape index (κ2) is 7.31. The number of nitrogens with zero attached hydrogens (tertiary/aromatic N) is 1. The van der Waals surface area contributed by atoms with Gasteiger partial charge in [-0.1, -0.05) is 6.92 Å². The Kier molecular flexibility index (Phi) is 6.03. The van der Waals surface area contributed by atoms with Gasteiger partial charge in [-0.3, -0.25) is 0 Å². The molecule has 0 aliphatic heterocycles. The minimum atomic E-state index is -0.258. The zero-order chi connectivity index (χ0) is 12.7. The lowest BCUT2D eigenvalue weighted by molar-refractivity contribution is 0.557. The highest BCUT2D eigenvalue weighted by Crippen LogP contribution is 2.10. The van der Waals surface area contributed by atoms with Gasteiger partial charge in [-0.15, -0.1) is 0 Å². The number of hydrogen-bond acceptors (Lipinski definition) is 3. The molecule has 1 atom stereocenters. The summed E-state index contributed by atoms with van der Waals surface area (Å²) in [5, 5.41) is 12.0. The van der Waals surface area contributed by atoms with Crippen molar-refractivity contribution in [3.63, 3.8) is 0 Å². The maximum atomic E-state index is 13.5. The van der Waals surface area contributed by atoms with Crippen molar-refractivity contribution in [1.82, 2.24) is 5.32 Å². The highest BCUT2D eigenvalue weighted by atomic mass is 32.2. The van der Waals surface area contributed by atoms with Gasteiger partial charge in [-0.2, -0.15) is 17.0 Å². The molecule has 2 nitrogen and oxygen atoms in total. The maximum absolute atomic E-state index is 13.5. The fourth-order valence-corrected chi connectivity index (χ4v) is 2.12. The predicted octanol–water partition coefficient (Wildman–Crippen LogP) is 2.93. The van der Waals surface area contributed by atoms with Gasteiger partial charge in [0, 0.05) is 23.9 Å². The van der Waals surface area contributed by atoms with E-state index in [1.54, 1.807) is 6.07 Å². The Balaban J connectivity index is 2.54. The van der Waals surface area contributed by atoms with E-state index in [4.69, 9.17) is 5.26 Å². The van der Waals surface area contributed by atoms with Gasteiger partial charge >= 0.3 is 0 Å². The molecule has 0 aliphatic rings. The van der Waals surface area contributed by atoms with E-state index in [1.165, 1.54) is 12.1 Å². The van der Waals surface area contributed by atoms with Crippen LogP contribution >= 0.6 is 11.8 Å². The number of nitriles is 1. The first-order valence-corrected chi connectivity index (χ1v) is 6.82. The van der Waals surface area contributed by atoms with Crippen LogP contribution in [0.3, 0.4) is 0 Å². The summed E-state index contributed by atoms with van der Waals surface area (Å²) in [7, 11) is 0. The van der Waals surface area contributed by atoms with E-state index in [-0.39, 0.29) is 5.82 Å². The highest BCUT2D eigenvalue weighted by molar-refractivity contribution is 7.99. The Morgan fingerprint density at radius 3 is 2.94 bits per heavy atom. The lowest BCUT2D eigenvalue weighted by atomic mass is 10.1. The first-order chi connectivity index (χ1) is 8.17. The van der Waals surface area contributed by atoms with Crippen LogP contribution in [0.5, 0.6) is 0 Å². The topological polar surface area (TPSA) is 35.8 Å². The van der Waals surface area contributed by atoms with Crippen LogP contribution in [0.4, 0.5) is 4.39 Å². The lowest BCUT2D eigenvalue weighted by Crippen LogP contribution is -2.28. The van der Waals surface area contributed by atoms with E-state index in [2.05, 4.69) is 19.2 Å². The average Bonchev–Trinajstić information content (AvgIpc) is 2.35. The van der Waals surface area contributed by atoms with Crippen LogP contribution in [0, 0.1) is 17.1 Å². The summed E-state index contributed by atoms with van der Waals surface area (Å²) >= 11 is 1.85. The Bertz CT molecular complexity index is 401. The fourth-order valence-electron chi connectivity index (χ4n) is 1.42. The molecular formula is C13H17FN2S. The molecule has 1 aromatic carbocycles. The van der Waals surface area contributed by atoms with Crippen LogP contribution in [0.25, 0.3) is 0 Å². The summed E-state index contributed by atoms with van der Waals surface area (Å²) in [5.41, 5.74) is 1.05. The molecule has 0 spiro atoms. The smallest absolute Gasteiger partial charge is 0.127 e. The fraction of sp³-hybridized carbons (Fsp3) is 0.462. The Morgan fingerprint density at radius 2 is 2.29 bits per heavy atom. The maximum Gasteiger partial charge on any atom is 0.127 e. The van der Waals surface area contributed by atoms with E-state index in [0.717, 1.165) is 11.5 Å². The van der Waals surface area contributed by atoms with Crippen molar-refractivity contribution in [2.24, 2.45) is 0 Å². The van der Waals surface area contributed by atoms with Gasteiger partial charge in [-0.25, -0.2) is 4.39 Å². The van der Waals surface area contributed by atoms with Gasteiger partial charge < -0.3 is 5.32 Å². The second-order valence-electron chi connectivity index (χ2n) is 3.86. The molecule has 0 saturated carbocycles. The molecule has 1 N–H and O–H groups in total. The Morgan fingerprint density at radius 1 is 1.53 bits per heavy atom. The first kappa shape index (κ1) is 14.0. The standard InChI is InChI=1S/C13H17FN2S/c1-3-17-9-10(2)16-8-12-6-11(7-15)4-5-13(12)14/h4-6,10,16H,3,8-9H2,1-2H3. The zero-order valence-electron chi connectivity index (χ0n) is 10.2. The third-order valence-corrected chi connectivity index (χ3v) is 3.53. The molecule has 0 heterocycles. The van der Waals surface area contributed by atoms with Gasteiger partial charge in [0.15, 0.2) is 0 Å². The molecule has 0 fully saturated rings. The molecule has 17 heavy (non-hydrogen) atoms. The molecule has 0 amide bonds. The van der Waals surface area contributed by atoms with Crippen molar-refractivity contribution in [3.05, 3.63) is 35.1 Å². The highest BCUT2D eigenvalue weighted by Gasteiger charge is 2.06. The SMILES string of the molecule is CCSCC(C)NCc1cc(C#N)ccc1F. The molecular weight excluding hydrogens is 235 g/mol. The van der Waals surface area contributed by atoms with Crippen LogP contribution in [-0.2, 0) is 6.54 Å². The number of nitrogens with one attached hydrogen (secondary N) is 1. The summed E-state index contributed by atoms with van der Waals surface area (Å²) in [5.74, 6) is 1.84. The summed E-state index contributed by atoms with van der Waals surface area (Å²) in [4.78, 5) is 0. The van der Waals surface area contributed by atoms with Crippen molar-refractivity contribution in [3.8, 4) is 6.07 Å². The number of benzene rings is 1. The normalized spacial score (nSPS) is 12.1. The van der Waals surface area contributed by atoms with Crippen LogP contribution in [0.1, 0.15) is 25.0 Å². The van der Waals surface area contributed by atoms with Gasteiger partial charge in [0.2, 0.25) is 0 Å². The number of thioether (sulfide) groups is 1. The summed E-state index contributed by atoms with van der Waals surface area (Å²) in [6.45, 7) is 4.66. The van der Waals surface area contributed by atoms with Crippen LogP contribution < -0.4 is 5.32 Å². The molecule has 0 radical (unpaired) electrons. The minimum Gasteiger partial charge on any atom is -0.309 e. The van der Waals surface area contributed by atoms with E-state index in [0.29, 0.717) is 23.7 Å². The molecule has 0 bridgehead atoms. The van der Waals surface area contributed by atoms with Crippen LogP contribution in [0.15, 0.2) is 18.2 Å². The predicted molar refractivity (Wildman–Crippen MR) is 70.4 cm³/mol. The number of halogens is 1. The van der Waals surface area contributed by atoms with Crippen LogP contribution in [0.2, 0.25) is 0 Å². The third kappa shape index (κ3) is 4.76. The quantitative estimate of drug-likeness (QED) is 0.845. The van der Waals surface area contributed by atoms with Gasteiger partial charge in [-0.05, 0) is 30.9 Å². The summed E-state index contributed by atoms with van der Waals surface area (Å²) in [6, 6.07) is 6.80. The molecule has 0 aromatic heterocycles. The second-order valence-corrected chi connectivity index (χ2v) is 5.18. The monoisotopic (exact) mass is 252 g/mol. The molecule has 1 aromatic rings. The Labute approximate surface area is 106 Å². The van der Waals surface area contributed by atoms with Crippen molar-refractivity contribution < 1.29 is 4.39 Å². The first-order valence-electron chi connectivity index (χ1n) is 5.67. The minimum absolute atomic E-state index is 0.258. The molecule has 4 heteroatoms. The van der Waals surface area contributed by atoms with Crippen molar-refractivity contribution >= 4 is 11.8 Å². The van der Waals surface area contributed by atoms with E-state index in [1.807, 2.05) is 17.8 Å². The summed E-state index contributed by atoms with van der Waals surface area (Å²) < 4.78 is 13.5. The van der Waals surface area contributed by atoms with E-state index in [9.17, 15) is 4.39 Å². The van der Waals surface area contributed by atoms with Gasteiger partial charge in [0.05, 0.1) is 11.6 Å². The third-order valence-electron chi connectivity index (χ3n) is 2.39. The van der Waals surface area contributed by atoms with Crippen molar-refractivity contribution in [2.75, 3.05) is 11.5 Å². The van der Waals surface area contributed by atoms with E-state index < -0.39 is 0 Å². The number of hydrogen-bond donors (Lipinski definition) is 1. The molecule has 1 rings (SSSR count). The molecule has 0 saturated heterocycles. The average molecular weight is 252 g/mol. The lowest BCUT2D eigenvalue weighted by Gasteiger charge is -2.13. The summed E-state index contributed by atoms with van der Waals surface area (Å²) in [6.07, 6.45) is 0. The zero-order valence-corrected chi connectivity index (χ0v) is 11.0. The molecule has 0 aliphatic carbocycles. The molecule has 1 unspecified atom stereocenters. The molecule has 92 valence electrons. The van der Waals surface area contributed by atoms with Crippen molar-refractivity contribution in [2.45, 2.75) is 26.4 Å². The largest absolute Gasteiger partial charge is 0.309 e. The Hall–Kier alpha value is -1.05.